The van der Waals surface area contributed by atoms with Crippen molar-refractivity contribution < 1.29 is 27.1 Å². The fourth-order valence-corrected chi connectivity index (χ4v) is 5.94. The molecule has 2 aliphatic rings. The van der Waals surface area contributed by atoms with Gasteiger partial charge in [-0.25, -0.2) is 12.8 Å². The van der Waals surface area contributed by atoms with E-state index in [0.29, 0.717) is 24.1 Å². The zero-order valence-corrected chi connectivity index (χ0v) is 18.9. The Balaban J connectivity index is 1.63. The van der Waals surface area contributed by atoms with Gasteiger partial charge < -0.3 is 15.4 Å². The van der Waals surface area contributed by atoms with Crippen LogP contribution in [-0.2, 0) is 19.6 Å². The first-order chi connectivity index (χ1) is 15.1. The molecule has 1 saturated heterocycles. The van der Waals surface area contributed by atoms with Crippen molar-refractivity contribution in [1.29, 1.82) is 0 Å². The maximum atomic E-state index is 13.5. The van der Waals surface area contributed by atoms with Gasteiger partial charge in [-0.05, 0) is 56.5 Å². The molecule has 32 heavy (non-hydrogen) atoms. The van der Waals surface area contributed by atoms with Gasteiger partial charge in [-0.2, -0.15) is 4.31 Å². The molecule has 0 unspecified atom stereocenters. The molecule has 2 aliphatic heterocycles. The third-order valence-electron chi connectivity index (χ3n) is 5.49. The molecule has 0 spiro atoms. The molecular formula is C21H21ClFN3O5S. The molecule has 2 heterocycles. The number of aryl methyl sites for hydroxylation is 1. The highest BCUT2D eigenvalue weighted by molar-refractivity contribution is 7.89. The number of benzene rings is 2. The first-order valence-corrected chi connectivity index (χ1v) is 11.8. The number of nitrogens with one attached hydrogen (secondary N) is 2. The zero-order valence-electron chi connectivity index (χ0n) is 17.3. The lowest BCUT2D eigenvalue weighted by Crippen LogP contribution is -2.43. The van der Waals surface area contributed by atoms with E-state index in [-0.39, 0.29) is 33.8 Å². The standard InChI is InChI=1S/C21H21ClFN3O5S/c1-11-8-16-18(31-12(2)20(27)25-16)10-19(11)32(29,30)26-7-3-4-17(26)21(28)24-15-6-5-13(23)9-14(15)22/h5-6,8-10,12,17H,3-4,7H2,1-2H3,(H,24,28)(H,25,27)/t12-,17+/m1/s1. The molecule has 2 atom stereocenters. The summed E-state index contributed by atoms with van der Waals surface area (Å²) >= 11 is 5.98. The second-order valence-corrected chi connectivity index (χ2v) is 10.0. The predicted molar refractivity (Wildman–Crippen MR) is 117 cm³/mol. The summed E-state index contributed by atoms with van der Waals surface area (Å²) in [6, 6.07) is 5.51. The van der Waals surface area contributed by atoms with Crippen LogP contribution < -0.4 is 15.4 Å². The van der Waals surface area contributed by atoms with Crippen LogP contribution in [0, 0.1) is 12.7 Å². The van der Waals surface area contributed by atoms with Crippen LogP contribution in [0.15, 0.2) is 35.2 Å². The van der Waals surface area contributed by atoms with Crippen LogP contribution >= 0.6 is 11.6 Å². The normalized spacial score (nSPS) is 20.9. The van der Waals surface area contributed by atoms with E-state index in [2.05, 4.69) is 10.6 Å². The fourth-order valence-electron chi connectivity index (χ4n) is 3.84. The molecule has 0 aromatic heterocycles. The summed E-state index contributed by atoms with van der Waals surface area (Å²) in [5.41, 5.74) is 1.01. The molecule has 1 fully saturated rings. The van der Waals surface area contributed by atoms with Crippen molar-refractivity contribution in [3.05, 3.63) is 46.7 Å². The number of ether oxygens (including phenoxy) is 1. The van der Waals surface area contributed by atoms with E-state index >= 15 is 0 Å². The summed E-state index contributed by atoms with van der Waals surface area (Å²) in [6.07, 6.45) is 0.0750. The van der Waals surface area contributed by atoms with Crippen LogP contribution in [0.5, 0.6) is 5.75 Å². The number of amides is 2. The van der Waals surface area contributed by atoms with Crippen molar-refractivity contribution in [2.45, 2.75) is 43.7 Å². The molecule has 4 rings (SSSR count). The van der Waals surface area contributed by atoms with Crippen molar-refractivity contribution in [3.8, 4) is 5.75 Å². The molecule has 8 nitrogen and oxygen atoms in total. The number of carbonyl (C=O) groups is 2. The summed E-state index contributed by atoms with van der Waals surface area (Å²) < 4.78 is 47.0. The largest absolute Gasteiger partial charge is 0.479 e. The highest BCUT2D eigenvalue weighted by Crippen LogP contribution is 2.37. The van der Waals surface area contributed by atoms with E-state index in [0.717, 1.165) is 16.4 Å². The Morgan fingerprint density at radius 3 is 2.78 bits per heavy atom. The van der Waals surface area contributed by atoms with Gasteiger partial charge in [0.25, 0.3) is 5.91 Å². The zero-order chi connectivity index (χ0) is 23.2. The number of anilines is 2. The Morgan fingerprint density at radius 2 is 2.06 bits per heavy atom. The smallest absolute Gasteiger partial charge is 0.265 e. The van der Waals surface area contributed by atoms with Gasteiger partial charge in [-0.1, -0.05) is 11.6 Å². The average Bonchev–Trinajstić information content (AvgIpc) is 3.22. The number of carbonyl (C=O) groups excluding carboxylic acids is 2. The molecule has 170 valence electrons. The Hall–Kier alpha value is -2.69. The Morgan fingerprint density at radius 1 is 1.31 bits per heavy atom. The third-order valence-corrected chi connectivity index (χ3v) is 7.85. The molecule has 0 radical (unpaired) electrons. The summed E-state index contributed by atoms with van der Waals surface area (Å²) in [6.45, 7) is 3.34. The minimum atomic E-state index is -4.05. The number of rotatable bonds is 4. The van der Waals surface area contributed by atoms with Gasteiger partial charge >= 0.3 is 0 Å². The second kappa shape index (κ2) is 8.34. The van der Waals surface area contributed by atoms with Gasteiger partial charge in [0, 0.05) is 12.6 Å². The van der Waals surface area contributed by atoms with Crippen LogP contribution in [0.1, 0.15) is 25.3 Å². The summed E-state index contributed by atoms with van der Waals surface area (Å²) in [5.74, 6) is -1.16. The molecular weight excluding hydrogens is 461 g/mol. The molecule has 11 heteroatoms. The lowest BCUT2D eigenvalue weighted by atomic mass is 10.1. The molecule has 2 aromatic rings. The fraction of sp³-hybridized carbons (Fsp3) is 0.333. The van der Waals surface area contributed by atoms with Gasteiger partial charge in [0.1, 0.15) is 17.6 Å². The minimum absolute atomic E-state index is 0.000821. The van der Waals surface area contributed by atoms with Crippen molar-refractivity contribution in [1.82, 2.24) is 4.31 Å². The van der Waals surface area contributed by atoms with Gasteiger partial charge in [0.15, 0.2) is 6.10 Å². The lowest BCUT2D eigenvalue weighted by molar-refractivity contribution is -0.122. The van der Waals surface area contributed by atoms with Gasteiger partial charge in [-0.3, -0.25) is 9.59 Å². The van der Waals surface area contributed by atoms with E-state index in [9.17, 15) is 22.4 Å². The Kier molecular flexibility index (Phi) is 5.87. The Labute approximate surface area is 189 Å². The lowest BCUT2D eigenvalue weighted by Gasteiger charge is -2.27. The summed E-state index contributed by atoms with van der Waals surface area (Å²) in [4.78, 5) is 24.7. The van der Waals surface area contributed by atoms with Crippen molar-refractivity contribution >= 4 is 44.8 Å². The van der Waals surface area contributed by atoms with E-state index in [4.69, 9.17) is 16.3 Å². The van der Waals surface area contributed by atoms with Crippen LogP contribution in [0.4, 0.5) is 15.8 Å². The average molecular weight is 482 g/mol. The number of sulfonamides is 1. The SMILES string of the molecule is Cc1cc2c(cc1S(=O)(=O)N1CCC[C@H]1C(=O)Nc1ccc(F)cc1Cl)O[C@H](C)C(=O)N2. The van der Waals surface area contributed by atoms with Crippen LogP contribution in [0.25, 0.3) is 0 Å². The Bertz CT molecular complexity index is 1220. The molecule has 0 bridgehead atoms. The van der Waals surface area contributed by atoms with Gasteiger partial charge in [0.05, 0.1) is 21.3 Å². The molecule has 0 saturated carbocycles. The van der Waals surface area contributed by atoms with Gasteiger partial charge in [-0.15, -0.1) is 0 Å². The van der Waals surface area contributed by atoms with Crippen LogP contribution in [-0.4, -0.2) is 43.2 Å². The summed E-state index contributed by atoms with van der Waals surface area (Å²) in [7, 11) is -4.05. The first-order valence-electron chi connectivity index (χ1n) is 9.98. The quantitative estimate of drug-likeness (QED) is 0.697. The topological polar surface area (TPSA) is 105 Å². The molecule has 2 amide bonds. The number of nitrogens with zero attached hydrogens (tertiary/aromatic N) is 1. The first kappa shape index (κ1) is 22.5. The number of halogens is 2. The third kappa shape index (κ3) is 4.05. The molecule has 2 N–H and O–H groups in total. The van der Waals surface area contributed by atoms with E-state index < -0.39 is 33.9 Å². The maximum absolute atomic E-state index is 13.5. The van der Waals surface area contributed by atoms with Crippen LogP contribution in [0.3, 0.4) is 0 Å². The summed E-state index contributed by atoms with van der Waals surface area (Å²) in [5, 5.41) is 5.30. The molecule has 2 aromatic carbocycles. The monoisotopic (exact) mass is 481 g/mol. The highest BCUT2D eigenvalue weighted by Gasteiger charge is 2.41. The molecule has 0 aliphatic carbocycles. The minimum Gasteiger partial charge on any atom is -0.479 e. The van der Waals surface area contributed by atoms with Crippen molar-refractivity contribution in [2.75, 3.05) is 17.2 Å². The van der Waals surface area contributed by atoms with Crippen LogP contribution in [0.2, 0.25) is 5.02 Å². The van der Waals surface area contributed by atoms with Crippen molar-refractivity contribution in [3.63, 3.8) is 0 Å². The number of fused-ring (bicyclic) bond motifs is 1. The van der Waals surface area contributed by atoms with E-state index in [1.54, 1.807) is 13.8 Å². The van der Waals surface area contributed by atoms with E-state index in [1.165, 1.54) is 18.2 Å². The number of hydrogen-bond donors (Lipinski definition) is 2. The van der Waals surface area contributed by atoms with Gasteiger partial charge in [0.2, 0.25) is 15.9 Å². The van der Waals surface area contributed by atoms with E-state index in [1.807, 2.05) is 0 Å². The highest BCUT2D eigenvalue weighted by atomic mass is 35.5. The van der Waals surface area contributed by atoms with Crippen molar-refractivity contribution in [2.24, 2.45) is 0 Å². The maximum Gasteiger partial charge on any atom is 0.265 e. The predicted octanol–water partition coefficient (Wildman–Crippen LogP) is 3.30. The number of hydrogen-bond acceptors (Lipinski definition) is 5. The second-order valence-electron chi connectivity index (χ2n) is 7.75.